The van der Waals surface area contributed by atoms with E-state index < -0.39 is 0 Å². The Morgan fingerprint density at radius 1 is 1.09 bits per heavy atom. The summed E-state index contributed by atoms with van der Waals surface area (Å²) in [5, 5.41) is 16.4. The molecule has 168 valence electrons. The van der Waals surface area contributed by atoms with Crippen LogP contribution in [0.3, 0.4) is 0 Å². The van der Waals surface area contributed by atoms with Crippen LogP contribution in [0.25, 0.3) is 0 Å². The van der Waals surface area contributed by atoms with E-state index in [2.05, 4.69) is 42.7 Å². The summed E-state index contributed by atoms with van der Waals surface area (Å²) in [6.07, 6.45) is 1.63. The van der Waals surface area contributed by atoms with Gasteiger partial charge in [-0.15, -0.1) is 0 Å². The van der Waals surface area contributed by atoms with E-state index in [1.54, 1.807) is 42.5 Å². The number of carbonyl (C=O) groups is 1. The van der Waals surface area contributed by atoms with Crippen molar-refractivity contribution in [1.29, 1.82) is 5.26 Å². The molecule has 0 saturated carbocycles. The molecule has 3 aromatic rings. The second-order valence-electron chi connectivity index (χ2n) is 8.96. The molecule has 2 N–H and O–H groups in total. The average molecular weight is 460 g/mol. The van der Waals surface area contributed by atoms with Crippen LogP contribution in [0.5, 0.6) is 11.5 Å². The SMILES string of the molecule is CC1(C)CC(NC(=O)c2ccc(Oc3ccccc3C#N)c(Cl)c2)CC(c2ccccc2)N1. The van der Waals surface area contributed by atoms with Gasteiger partial charge in [-0.2, -0.15) is 5.26 Å². The quantitative estimate of drug-likeness (QED) is 0.490. The van der Waals surface area contributed by atoms with Gasteiger partial charge in [-0.1, -0.05) is 54.1 Å². The van der Waals surface area contributed by atoms with Crippen molar-refractivity contribution in [2.24, 2.45) is 0 Å². The minimum absolute atomic E-state index is 0.0242. The number of amides is 1. The molecule has 1 heterocycles. The molecule has 0 bridgehead atoms. The lowest BCUT2D eigenvalue weighted by atomic mass is 9.83. The summed E-state index contributed by atoms with van der Waals surface area (Å²) < 4.78 is 5.81. The first-order valence-corrected chi connectivity index (χ1v) is 11.3. The number of hydrogen-bond acceptors (Lipinski definition) is 4. The minimum Gasteiger partial charge on any atom is -0.454 e. The summed E-state index contributed by atoms with van der Waals surface area (Å²) >= 11 is 6.41. The Bertz CT molecular complexity index is 1190. The number of para-hydroxylation sites is 1. The summed E-state index contributed by atoms with van der Waals surface area (Å²) in [6, 6.07) is 24.5. The van der Waals surface area contributed by atoms with Gasteiger partial charge < -0.3 is 15.4 Å². The number of carbonyl (C=O) groups excluding carboxylic acids is 1. The Labute approximate surface area is 199 Å². The number of nitrogens with one attached hydrogen (secondary N) is 2. The van der Waals surface area contributed by atoms with E-state index in [1.165, 1.54) is 5.56 Å². The lowest BCUT2D eigenvalue weighted by Gasteiger charge is -2.42. The number of rotatable bonds is 5. The fourth-order valence-electron chi connectivity index (χ4n) is 4.35. The highest BCUT2D eigenvalue weighted by atomic mass is 35.5. The number of halogens is 1. The van der Waals surface area contributed by atoms with Crippen LogP contribution in [0.15, 0.2) is 72.8 Å². The molecule has 0 radical (unpaired) electrons. The van der Waals surface area contributed by atoms with Gasteiger partial charge in [0, 0.05) is 23.2 Å². The number of nitrogens with zero attached hydrogens (tertiary/aromatic N) is 1. The average Bonchev–Trinajstić information content (AvgIpc) is 2.80. The standard InChI is InChI=1S/C27H26ClN3O2/c1-27(2)16-21(15-23(31-27)18-8-4-3-5-9-18)30-26(32)19-12-13-25(22(28)14-19)33-24-11-7-6-10-20(24)17-29/h3-14,21,23,31H,15-16H2,1-2H3,(H,30,32). The molecule has 2 unspecified atom stereocenters. The zero-order valence-corrected chi connectivity index (χ0v) is 19.4. The van der Waals surface area contributed by atoms with Crippen molar-refractivity contribution >= 4 is 17.5 Å². The maximum absolute atomic E-state index is 13.0. The number of hydrogen-bond donors (Lipinski definition) is 2. The smallest absolute Gasteiger partial charge is 0.251 e. The van der Waals surface area contributed by atoms with Crippen LogP contribution in [0.2, 0.25) is 5.02 Å². The predicted molar refractivity (Wildman–Crippen MR) is 130 cm³/mol. The molecule has 33 heavy (non-hydrogen) atoms. The molecule has 1 fully saturated rings. The van der Waals surface area contributed by atoms with Gasteiger partial charge >= 0.3 is 0 Å². The lowest BCUT2D eigenvalue weighted by molar-refractivity contribution is 0.0903. The molecule has 5 nitrogen and oxygen atoms in total. The van der Waals surface area contributed by atoms with E-state index in [0.29, 0.717) is 27.6 Å². The van der Waals surface area contributed by atoms with Crippen molar-refractivity contribution in [3.8, 4) is 17.6 Å². The molecule has 0 spiro atoms. The third-order valence-corrected chi connectivity index (χ3v) is 6.10. The van der Waals surface area contributed by atoms with Crippen LogP contribution in [0, 0.1) is 11.3 Å². The van der Waals surface area contributed by atoms with Gasteiger partial charge in [-0.25, -0.2) is 0 Å². The van der Waals surface area contributed by atoms with E-state index in [-0.39, 0.29) is 23.5 Å². The van der Waals surface area contributed by atoms with Crippen molar-refractivity contribution in [2.75, 3.05) is 0 Å². The lowest BCUT2D eigenvalue weighted by Crippen LogP contribution is -2.54. The summed E-state index contributed by atoms with van der Waals surface area (Å²) in [7, 11) is 0. The minimum atomic E-state index is -0.171. The Morgan fingerprint density at radius 2 is 1.82 bits per heavy atom. The molecule has 0 aromatic heterocycles. The van der Waals surface area contributed by atoms with Crippen LogP contribution >= 0.6 is 11.6 Å². The highest BCUT2D eigenvalue weighted by Crippen LogP contribution is 2.33. The van der Waals surface area contributed by atoms with E-state index in [0.717, 1.165) is 12.8 Å². The van der Waals surface area contributed by atoms with Gasteiger partial charge in [0.15, 0.2) is 0 Å². The summed E-state index contributed by atoms with van der Waals surface area (Å²) in [5.74, 6) is 0.640. The highest BCUT2D eigenvalue weighted by Gasteiger charge is 2.34. The Kier molecular flexibility index (Phi) is 6.69. The molecule has 0 aliphatic carbocycles. The second kappa shape index (κ2) is 9.66. The third-order valence-electron chi connectivity index (χ3n) is 5.80. The first-order valence-electron chi connectivity index (χ1n) is 10.9. The first kappa shape index (κ1) is 22.8. The van der Waals surface area contributed by atoms with Gasteiger partial charge in [0.25, 0.3) is 5.91 Å². The number of ether oxygens (including phenoxy) is 1. The van der Waals surface area contributed by atoms with Crippen molar-refractivity contribution in [1.82, 2.24) is 10.6 Å². The van der Waals surface area contributed by atoms with E-state index >= 15 is 0 Å². The zero-order valence-electron chi connectivity index (χ0n) is 18.6. The van der Waals surface area contributed by atoms with Gasteiger partial charge in [0.1, 0.15) is 17.6 Å². The Hall–Kier alpha value is -3.33. The van der Waals surface area contributed by atoms with Gasteiger partial charge in [-0.05, 0) is 62.6 Å². The number of benzene rings is 3. The van der Waals surface area contributed by atoms with Crippen molar-refractivity contribution in [2.45, 2.75) is 44.3 Å². The van der Waals surface area contributed by atoms with E-state index in [1.807, 2.05) is 18.2 Å². The summed E-state index contributed by atoms with van der Waals surface area (Å²) in [4.78, 5) is 13.0. The van der Waals surface area contributed by atoms with Crippen molar-refractivity contribution < 1.29 is 9.53 Å². The first-order chi connectivity index (χ1) is 15.8. The predicted octanol–water partition coefficient (Wildman–Crippen LogP) is 6.01. The van der Waals surface area contributed by atoms with Crippen molar-refractivity contribution in [3.63, 3.8) is 0 Å². The molecule has 3 aromatic carbocycles. The fraction of sp³-hybridized carbons (Fsp3) is 0.259. The molecule has 6 heteroatoms. The van der Waals surface area contributed by atoms with Gasteiger partial charge in [0.2, 0.25) is 0 Å². The topological polar surface area (TPSA) is 74.1 Å². The maximum atomic E-state index is 13.0. The van der Waals surface area contributed by atoms with E-state index in [9.17, 15) is 10.1 Å². The van der Waals surface area contributed by atoms with Crippen LogP contribution < -0.4 is 15.4 Å². The molecule has 1 saturated heterocycles. The third kappa shape index (κ3) is 5.54. The molecule has 1 aliphatic heterocycles. The van der Waals surface area contributed by atoms with Crippen LogP contribution in [-0.2, 0) is 0 Å². The molecule has 2 atom stereocenters. The maximum Gasteiger partial charge on any atom is 0.251 e. The number of piperidine rings is 1. The summed E-state index contributed by atoms with van der Waals surface area (Å²) in [5.41, 5.74) is 1.98. The molecule has 1 amide bonds. The van der Waals surface area contributed by atoms with Crippen molar-refractivity contribution in [3.05, 3.63) is 94.5 Å². The van der Waals surface area contributed by atoms with Gasteiger partial charge in [-0.3, -0.25) is 4.79 Å². The number of nitriles is 1. The monoisotopic (exact) mass is 459 g/mol. The fourth-order valence-corrected chi connectivity index (χ4v) is 4.57. The van der Waals surface area contributed by atoms with Gasteiger partial charge in [0.05, 0.1) is 10.6 Å². The highest BCUT2D eigenvalue weighted by molar-refractivity contribution is 6.32. The van der Waals surface area contributed by atoms with Crippen LogP contribution in [-0.4, -0.2) is 17.5 Å². The normalized spacial score (nSPS) is 19.3. The second-order valence-corrected chi connectivity index (χ2v) is 9.36. The largest absolute Gasteiger partial charge is 0.454 e. The Morgan fingerprint density at radius 3 is 2.55 bits per heavy atom. The molecular weight excluding hydrogens is 434 g/mol. The molecule has 4 rings (SSSR count). The zero-order chi connectivity index (χ0) is 23.4. The summed E-state index contributed by atoms with van der Waals surface area (Å²) in [6.45, 7) is 4.31. The van der Waals surface area contributed by atoms with Crippen LogP contribution in [0.4, 0.5) is 0 Å². The van der Waals surface area contributed by atoms with Crippen LogP contribution in [0.1, 0.15) is 54.2 Å². The molecule has 1 aliphatic rings. The van der Waals surface area contributed by atoms with E-state index in [4.69, 9.17) is 16.3 Å². The Balaban J connectivity index is 1.47. The molecular formula is C27H26ClN3O2.